The van der Waals surface area contributed by atoms with Crippen molar-refractivity contribution in [2.24, 2.45) is 0 Å². The van der Waals surface area contributed by atoms with E-state index in [9.17, 15) is 14.7 Å². The standard InChI is InChI=1S/C25H28N2O4.ClH/c1-18-8-10-19(11-9-18)22-21(23(28)20-6-3-2-4-7-20)24(29)25(30)27(22)13-5-12-26-14-16-31-17-15-26;/h2-4,6-11,22,28H,5,12-17H2,1H3;1H/b23-21+;. The number of halogens is 1. The fraction of sp³-hybridized carbons (Fsp3) is 0.360. The van der Waals surface area contributed by atoms with E-state index >= 15 is 0 Å². The second-order valence-electron chi connectivity index (χ2n) is 8.08. The van der Waals surface area contributed by atoms with E-state index in [2.05, 4.69) is 4.90 Å². The van der Waals surface area contributed by atoms with Crippen LogP contribution in [0.2, 0.25) is 0 Å². The molecule has 1 N–H and O–H groups in total. The molecule has 2 heterocycles. The number of carbonyl (C=O) groups is 2. The van der Waals surface area contributed by atoms with Gasteiger partial charge < -0.3 is 14.7 Å². The summed E-state index contributed by atoms with van der Waals surface area (Å²) in [6.07, 6.45) is 0.751. The summed E-state index contributed by atoms with van der Waals surface area (Å²) in [5.74, 6) is -1.30. The molecule has 6 nitrogen and oxygen atoms in total. The molecule has 32 heavy (non-hydrogen) atoms. The molecule has 1 amide bonds. The topological polar surface area (TPSA) is 70.1 Å². The molecule has 0 aliphatic carbocycles. The van der Waals surface area contributed by atoms with E-state index in [1.54, 1.807) is 29.2 Å². The number of ketones is 1. The number of nitrogens with zero attached hydrogens (tertiary/aromatic N) is 2. The molecular formula is C25H29ClN2O4. The second kappa shape index (κ2) is 10.8. The molecule has 7 heteroatoms. The summed E-state index contributed by atoms with van der Waals surface area (Å²) >= 11 is 0. The Kier molecular flexibility index (Phi) is 8.07. The fourth-order valence-electron chi connectivity index (χ4n) is 4.25. The zero-order valence-corrected chi connectivity index (χ0v) is 19.0. The maximum atomic E-state index is 13.0. The Morgan fingerprint density at radius 1 is 1.00 bits per heavy atom. The van der Waals surface area contributed by atoms with Crippen molar-refractivity contribution in [2.75, 3.05) is 39.4 Å². The number of hydrogen-bond donors (Lipinski definition) is 1. The average molecular weight is 457 g/mol. The van der Waals surface area contributed by atoms with Crippen molar-refractivity contribution >= 4 is 29.9 Å². The molecule has 2 aliphatic rings. The lowest BCUT2D eigenvalue weighted by molar-refractivity contribution is -0.140. The molecule has 0 bridgehead atoms. The van der Waals surface area contributed by atoms with Gasteiger partial charge in [0.1, 0.15) is 5.76 Å². The van der Waals surface area contributed by atoms with Crippen LogP contribution in [0.15, 0.2) is 60.2 Å². The lowest BCUT2D eigenvalue weighted by atomic mass is 9.94. The lowest BCUT2D eigenvalue weighted by Crippen LogP contribution is -2.38. The van der Waals surface area contributed by atoms with E-state index < -0.39 is 17.7 Å². The number of aryl methyl sites for hydroxylation is 1. The van der Waals surface area contributed by atoms with E-state index in [0.717, 1.165) is 50.4 Å². The SMILES string of the molecule is Cc1ccc(C2/C(=C(\O)c3ccccc3)C(=O)C(=O)N2CCCN2CCOCC2)cc1.Cl. The Morgan fingerprint density at radius 2 is 1.66 bits per heavy atom. The summed E-state index contributed by atoms with van der Waals surface area (Å²) in [7, 11) is 0. The van der Waals surface area contributed by atoms with Crippen molar-refractivity contribution in [3.63, 3.8) is 0 Å². The number of aliphatic hydroxyl groups is 1. The van der Waals surface area contributed by atoms with Crippen LogP contribution in [0.5, 0.6) is 0 Å². The Balaban J connectivity index is 0.00000289. The molecule has 2 saturated heterocycles. The fourth-order valence-corrected chi connectivity index (χ4v) is 4.25. The number of rotatable bonds is 6. The predicted octanol–water partition coefficient (Wildman–Crippen LogP) is 3.56. The minimum Gasteiger partial charge on any atom is -0.507 e. The largest absolute Gasteiger partial charge is 0.507 e. The van der Waals surface area contributed by atoms with Crippen LogP contribution < -0.4 is 0 Å². The van der Waals surface area contributed by atoms with E-state index in [0.29, 0.717) is 12.1 Å². The van der Waals surface area contributed by atoms with Crippen molar-refractivity contribution in [3.8, 4) is 0 Å². The van der Waals surface area contributed by atoms with Gasteiger partial charge in [-0.2, -0.15) is 0 Å². The second-order valence-corrected chi connectivity index (χ2v) is 8.08. The van der Waals surface area contributed by atoms with Crippen molar-refractivity contribution < 1.29 is 19.4 Å². The van der Waals surface area contributed by atoms with Gasteiger partial charge in [0.2, 0.25) is 0 Å². The number of Topliss-reactive ketones (excluding diaryl/α,β-unsaturated/α-hetero) is 1. The molecule has 1 atom stereocenters. The number of carbonyl (C=O) groups excluding carboxylic acids is 2. The van der Waals surface area contributed by atoms with Gasteiger partial charge in [0.25, 0.3) is 11.7 Å². The summed E-state index contributed by atoms with van der Waals surface area (Å²) in [6.45, 7) is 6.50. The van der Waals surface area contributed by atoms with Crippen LogP contribution in [0.1, 0.15) is 29.2 Å². The van der Waals surface area contributed by atoms with Gasteiger partial charge in [0.15, 0.2) is 0 Å². The average Bonchev–Trinajstić information content (AvgIpc) is 3.05. The van der Waals surface area contributed by atoms with E-state index in [4.69, 9.17) is 4.74 Å². The third-order valence-corrected chi connectivity index (χ3v) is 5.96. The molecule has 2 aliphatic heterocycles. The van der Waals surface area contributed by atoms with Crippen LogP contribution in [0.4, 0.5) is 0 Å². The van der Waals surface area contributed by atoms with Gasteiger partial charge in [-0.25, -0.2) is 0 Å². The molecule has 0 saturated carbocycles. The normalized spacial score (nSPS) is 20.9. The molecule has 2 aromatic rings. The summed E-state index contributed by atoms with van der Waals surface area (Å²) in [4.78, 5) is 29.9. The highest BCUT2D eigenvalue weighted by Gasteiger charge is 2.45. The highest BCUT2D eigenvalue weighted by atomic mass is 35.5. The van der Waals surface area contributed by atoms with Gasteiger partial charge in [-0.3, -0.25) is 14.5 Å². The van der Waals surface area contributed by atoms with E-state index in [1.165, 1.54) is 0 Å². The molecule has 4 rings (SSSR count). The summed E-state index contributed by atoms with van der Waals surface area (Å²) < 4.78 is 5.39. The third kappa shape index (κ3) is 5.04. The molecule has 170 valence electrons. The number of ether oxygens (including phenoxy) is 1. The van der Waals surface area contributed by atoms with Crippen LogP contribution in [-0.4, -0.2) is 66.0 Å². The Hall–Kier alpha value is -2.67. The Morgan fingerprint density at radius 3 is 2.31 bits per heavy atom. The number of benzene rings is 2. The Labute approximate surface area is 194 Å². The molecule has 1 unspecified atom stereocenters. The number of likely N-dealkylation sites (tertiary alicyclic amines) is 1. The van der Waals surface area contributed by atoms with Gasteiger partial charge in [0, 0.05) is 31.7 Å². The predicted molar refractivity (Wildman–Crippen MR) is 126 cm³/mol. The quantitative estimate of drug-likeness (QED) is 0.409. The summed E-state index contributed by atoms with van der Waals surface area (Å²) in [6, 6.07) is 16.1. The van der Waals surface area contributed by atoms with Gasteiger partial charge in [0.05, 0.1) is 24.8 Å². The number of amides is 1. The molecule has 2 aromatic carbocycles. The first-order chi connectivity index (χ1) is 15.1. The van der Waals surface area contributed by atoms with Gasteiger partial charge >= 0.3 is 0 Å². The van der Waals surface area contributed by atoms with Crippen molar-refractivity contribution in [3.05, 3.63) is 76.9 Å². The highest BCUT2D eigenvalue weighted by Crippen LogP contribution is 2.39. The molecule has 0 radical (unpaired) electrons. The minimum atomic E-state index is -0.627. The van der Waals surface area contributed by atoms with Gasteiger partial charge in [-0.1, -0.05) is 60.2 Å². The molecule has 0 spiro atoms. The molecule has 0 aromatic heterocycles. The number of morpholine rings is 1. The summed E-state index contributed by atoms with van der Waals surface area (Å²) in [5, 5.41) is 11.0. The zero-order chi connectivity index (χ0) is 21.8. The van der Waals surface area contributed by atoms with Gasteiger partial charge in [-0.15, -0.1) is 12.4 Å². The van der Waals surface area contributed by atoms with Crippen molar-refractivity contribution in [2.45, 2.75) is 19.4 Å². The number of hydrogen-bond acceptors (Lipinski definition) is 5. The van der Waals surface area contributed by atoms with Crippen molar-refractivity contribution in [1.29, 1.82) is 0 Å². The van der Waals surface area contributed by atoms with Gasteiger partial charge in [-0.05, 0) is 18.9 Å². The van der Waals surface area contributed by atoms with E-state index in [-0.39, 0.29) is 23.7 Å². The lowest BCUT2D eigenvalue weighted by Gasteiger charge is -2.29. The first-order valence-corrected chi connectivity index (χ1v) is 10.8. The zero-order valence-electron chi connectivity index (χ0n) is 18.2. The van der Waals surface area contributed by atoms with Crippen LogP contribution in [-0.2, 0) is 14.3 Å². The van der Waals surface area contributed by atoms with Crippen LogP contribution in [0, 0.1) is 6.92 Å². The van der Waals surface area contributed by atoms with Crippen LogP contribution in [0.25, 0.3) is 5.76 Å². The highest BCUT2D eigenvalue weighted by molar-refractivity contribution is 6.46. The summed E-state index contributed by atoms with van der Waals surface area (Å²) in [5.41, 5.74) is 2.61. The monoisotopic (exact) mass is 456 g/mol. The first kappa shape index (κ1) is 24.0. The third-order valence-electron chi connectivity index (χ3n) is 5.96. The smallest absolute Gasteiger partial charge is 0.295 e. The van der Waals surface area contributed by atoms with Crippen LogP contribution >= 0.6 is 12.4 Å². The number of aliphatic hydroxyl groups excluding tert-OH is 1. The van der Waals surface area contributed by atoms with Crippen LogP contribution in [0.3, 0.4) is 0 Å². The molecule has 2 fully saturated rings. The maximum Gasteiger partial charge on any atom is 0.295 e. The first-order valence-electron chi connectivity index (χ1n) is 10.8. The van der Waals surface area contributed by atoms with E-state index in [1.807, 2.05) is 37.3 Å². The maximum absolute atomic E-state index is 13.0. The minimum absolute atomic E-state index is 0. The van der Waals surface area contributed by atoms with Crippen molar-refractivity contribution in [1.82, 2.24) is 9.80 Å². The molecular weight excluding hydrogens is 428 g/mol. The Bertz CT molecular complexity index is 969.